The van der Waals surface area contributed by atoms with Gasteiger partial charge >= 0.3 is 6.09 Å². The molecule has 0 aromatic heterocycles. The molecule has 0 saturated carbocycles. The molecule has 3 atom stereocenters. The number of para-hydroxylation sites is 1. The van der Waals surface area contributed by atoms with Crippen molar-refractivity contribution in [3.8, 4) is 5.75 Å². The largest absolute Gasteiger partial charge is 0.507 e. The molecule has 0 bridgehead atoms. The van der Waals surface area contributed by atoms with Gasteiger partial charge in [0.15, 0.2) is 0 Å². The first-order valence-corrected chi connectivity index (χ1v) is 11.9. The van der Waals surface area contributed by atoms with Gasteiger partial charge in [-0.05, 0) is 53.0 Å². The van der Waals surface area contributed by atoms with Crippen LogP contribution in [0.25, 0.3) is 0 Å². The lowest BCUT2D eigenvalue weighted by Crippen LogP contribution is -2.56. The maximum Gasteiger partial charge on any atom is 0.408 e. The third-order valence-corrected chi connectivity index (χ3v) is 5.41. The molecule has 0 spiro atoms. The number of ether oxygens (including phenoxy) is 1. The van der Waals surface area contributed by atoms with Crippen LogP contribution in [0.4, 0.5) is 4.79 Å². The van der Waals surface area contributed by atoms with E-state index >= 15 is 0 Å². The molecule has 4 N–H and O–H groups in total. The van der Waals surface area contributed by atoms with Gasteiger partial charge in [0.05, 0.1) is 6.61 Å². The summed E-state index contributed by atoms with van der Waals surface area (Å²) < 4.78 is 5.23. The Morgan fingerprint density at radius 3 is 2.35 bits per heavy atom. The Labute approximate surface area is 202 Å². The van der Waals surface area contributed by atoms with Crippen LogP contribution in [-0.4, -0.2) is 63.9 Å². The summed E-state index contributed by atoms with van der Waals surface area (Å²) in [7, 11) is 0. The summed E-state index contributed by atoms with van der Waals surface area (Å²) in [5.41, 5.74) is 0.0427. The fraction of sp³-hybridized carbons (Fsp3) is 0.640. The second kappa shape index (κ2) is 13.2. The van der Waals surface area contributed by atoms with Gasteiger partial charge in [0, 0.05) is 18.2 Å². The van der Waals surface area contributed by atoms with Crippen LogP contribution in [0.5, 0.6) is 5.75 Å². The van der Waals surface area contributed by atoms with Crippen LogP contribution < -0.4 is 10.6 Å². The first-order chi connectivity index (χ1) is 15.9. The number of nitrogens with one attached hydrogen (secondary N) is 2. The minimum Gasteiger partial charge on any atom is -0.507 e. The van der Waals surface area contributed by atoms with Gasteiger partial charge in [0.2, 0.25) is 11.8 Å². The number of benzene rings is 1. The summed E-state index contributed by atoms with van der Waals surface area (Å²) in [4.78, 5) is 40.7. The minimum absolute atomic E-state index is 0.0834. The number of carbonyl (C=O) groups is 3. The van der Waals surface area contributed by atoms with Crippen LogP contribution in [0.3, 0.4) is 0 Å². The monoisotopic (exact) mass is 479 g/mol. The number of phenolic OH excluding ortho intramolecular Hbond substituents is 1. The molecule has 3 amide bonds. The summed E-state index contributed by atoms with van der Waals surface area (Å²) in [5.74, 6) is -1.18. The van der Waals surface area contributed by atoms with Crippen molar-refractivity contribution in [1.29, 1.82) is 0 Å². The lowest BCUT2D eigenvalue weighted by Gasteiger charge is -2.38. The second-order valence-electron chi connectivity index (χ2n) is 9.44. The van der Waals surface area contributed by atoms with E-state index in [2.05, 4.69) is 10.6 Å². The molecule has 0 fully saturated rings. The highest BCUT2D eigenvalue weighted by Crippen LogP contribution is 2.33. The second-order valence-corrected chi connectivity index (χ2v) is 9.44. The quantitative estimate of drug-likeness (QED) is 0.361. The van der Waals surface area contributed by atoms with E-state index in [4.69, 9.17) is 4.74 Å². The van der Waals surface area contributed by atoms with E-state index in [1.807, 2.05) is 13.8 Å². The van der Waals surface area contributed by atoms with Crippen molar-refractivity contribution >= 4 is 17.9 Å². The fourth-order valence-electron chi connectivity index (χ4n) is 3.42. The Hall–Kier alpha value is -2.81. The molecule has 0 aliphatic carbocycles. The van der Waals surface area contributed by atoms with Crippen LogP contribution in [0.1, 0.15) is 78.0 Å². The molecule has 0 saturated heterocycles. The van der Waals surface area contributed by atoms with Gasteiger partial charge in [-0.1, -0.05) is 38.5 Å². The predicted octanol–water partition coefficient (Wildman–Crippen LogP) is 3.17. The molecule has 0 heterocycles. The zero-order valence-corrected chi connectivity index (χ0v) is 21.5. The molecule has 192 valence electrons. The first kappa shape index (κ1) is 29.2. The van der Waals surface area contributed by atoms with Crippen LogP contribution >= 0.6 is 0 Å². The normalized spacial score (nSPS) is 14.0. The smallest absolute Gasteiger partial charge is 0.408 e. The molecule has 9 nitrogen and oxygen atoms in total. The summed E-state index contributed by atoms with van der Waals surface area (Å²) >= 11 is 0. The number of aliphatic hydroxyl groups excluding tert-OH is 1. The minimum atomic E-state index is -1.33. The highest BCUT2D eigenvalue weighted by Gasteiger charge is 2.39. The summed E-state index contributed by atoms with van der Waals surface area (Å²) in [6, 6.07) is 2.09. The average Bonchev–Trinajstić information content (AvgIpc) is 2.76. The maximum atomic E-state index is 13.7. The molecule has 9 heteroatoms. The van der Waals surface area contributed by atoms with Gasteiger partial charge in [-0.3, -0.25) is 9.59 Å². The number of amides is 3. The van der Waals surface area contributed by atoms with E-state index in [1.54, 1.807) is 52.8 Å². The van der Waals surface area contributed by atoms with Crippen molar-refractivity contribution < 1.29 is 29.3 Å². The molecule has 1 aromatic rings. The number of hydrogen-bond donors (Lipinski definition) is 4. The van der Waals surface area contributed by atoms with Crippen LogP contribution in [0.2, 0.25) is 0 Å². The third-order valence-electron chi connectivity index (χ3n) is 5.41. The van der Waals surface area contributed by atoms with Crippen LogP contribution in [0, 0.1) is 6.92 Å². The lowest BCUT2D eigenvalue weighted by molar-refractivity contribution is -0.145. The highest BCUT2D eigenvalue weighted by molar-refractivity contribution is 5.92. The Bertz CT molecular complexity index is 836. The highest BCUT2D eigenvalue weighted by atomic mass is 16.6. The van der Waals surface area contributed by atoms with Gasteiger partial charge in [-0.2, -0.15) is 0 Å². The summed E-state index contributed by atoms with van der Waals surface area (Å²) in [6.45, 7) is 12.1. The third kappa shape index (κ3) is 8.20. The standard InChI is InChI=1S/C25H41N3O6/c1-8-10-14-26-22(31)20(18-13-11-12-16(3)21(18)30)28(17(4)9-2)23(32)19(15-29)27-24(33)34-25(5,6)7/h11-13,17,19-20,29-30H,8-10,14-15H2,1-7H3,(H,26,31)(H,27,33). The molecule has 1 aromatic carbocycles. The fourth-order valence-corrected chi connectivity index (χ4v) is 3.42. The van der Waals surface area contributed by atoms with E-state index in [0.29, 0.717) is 18.5 Å². The zero-order chi connectivity index (χ0) is 26.1. The molecule has 0 aliphatic heterocycles. The number of alkyl carbamates (subject to hydrolysis) is 1. The van der Waals surface area contributed by atoms with E-state index in [0.717, 1.165) is 12.8 Å². The predicted molar refractivity (Wildman–Crippen MR) is 130 cm³/mol. The summed E-state index contributed by atoms with van der Waals surface area (Å²) in [6.07, 6.45) is 1.28. The van der Waals surface area contributed by atoms with Crippen molar-refractivity contribution in [1.82, 2.24) is 15.5 Å². The van der Waals surface area contributed by atoms with Gasteiger partial charge in [-0.25, -0.2) is 4.79 Å². The lowest BCUT2D eigenvalue weighted by atomic mass is 9.97. The number of aromatic hydroxyl groups is 1. The van der Waals surface area contributed by atoms with Crippen LogP contribution in [-0.2, 0) is 14.3 Å². The average molecular weight is 480 g/mol. The van der Waals surface area contributed by atoms with E-state index in [1.165, 1.54) is 4.90 Å². The van der Waals surface area contributed by atoms with Crippen molar-refractivity contribution in [3.63, 3.8) is 0 Å². The molecule has 3 unspecified atom stereocenters. The number of aryl methyl sites for hydroxylation is 1. The molecule has 1 rings (SSSR count). The van der Waals surface area contributed by atoms with Gasteiger partial charge < -0.3 is 30.5 Å². The zero-order valence-electron chi connectivity index (χ0n) is 21.5. The van der Waals surface area contributed by atoms with E-state index < -0.39 is 48.2 Å². The van der Waals surface area contributed by atoms with Gasteiger partial charge in [0.1, 0.15) is 23.4 Å². The summed E-state index contributed by atoms with van der Waals surface area (Å²) in [5, 5.41) is 26.0. The topological polar surface area (TPSA) is 128 Å². The Morgan fingerprint density at radius 1 is 1.18 bits per heavy atom. The number of aliphatic hydroxyl groups is 1. The van der Waals surface area contributed by atoms with E-state index in [-0.39, 0.29) is 11.3 Å². The van der Waals surface area contributed by atoms with Crippen molar-refractivity contribution in [2.75, 3.05) is 13.2 Å². The van der Waals surface area contributed by atoms with Crippen LogP contribution in [0.15, 0.2) is 18.2 Å². The SMILES string of the molecule is CCCCNC(=O)C(c1cccc(C)c1O)N(C(=O)C(CO)NC(=O)OC(C)(C)C)C(C)CC. The van der Waals surface area contributed by atoms with Crippen molar-refractivity contribution in [3.05, 3.63) is 29.3 Å². The number of hydrogen-bond acceptors (Lipinski definition) is 6. The molecular weight excluding hydrogens is 438 g/mol. The number of unbranched alkanes of at least 4 members (excludes halogenated alkanes) is 1. The molecule has 0 radical (unpaired) electrons. The maximum absolute atomic E-state index is 13.7. The molecule has 34 heavy (non-hydrogen) atoms. The number of nitrogens with zero attached hydrogens (tertiary/aromatic N) is 1. The number of phenols is 1. The number of rotatable bonds is 11. The first-order valence-electron chi connectivity index (χ1n) is 11.9. The Morgan fingerprint density at radius 2 is 1.82 bits per heavy atom. The molecule has 0 aliphatic rings. The van der Waals surface area contributed by atoms with Gasteiger partial charge in [-0.15, -0.1) is 0 Å². The molecular formula is C25H41N3O6. The number of carbonyl (C=O) groups excluding carboxylic acids is 3. The van der Waals surface area contributed by atoms with Gasteiger partial charge in [0.25, 0.3) is 0 Å². The van der Waals surface area contributed by atoms with Crippen molar-refractivity contribution in [2.24, 2.45) is 0 Å². The van der Waals surface area contributed by atoms with Crippen molar-refractivity contribution in [2.45, 2.75) is 91.5 Å². The Balaban J connectivity index is 3.46. The van der Waals surface area contributed by atoms with E-state index in [9.17, 15) is 24.6 Å². The Kier molecular flexibility index (Phi) is 11.3.